The molecule has 1 amide bonds. The minimum atomic E-state index is -0.293. The first-order valence-corrected chi connectivity index (χ1v) is 11.0. The first-order valence-electron chi connectivity index (χ1n) is 11.0. The quantitative estimate of drug-likeness (QED) is 0.521. The lowest BCUT2D eigenvalue weighted by molar-refractivity contribution is -0.139. The number of pyridine rings is 1. The molecule has 1 saturated heterocycles. The summed E-state index contributed by atoms with van der Waals surface area (Å²) in [6.45, 7) is 5.79. The van der Waals surface area contributed by atoms with Crippen molar-refractivity contribution in [3.8, 4) is 11.1 Å². The molecule has 8 nitrogen and oxygen atoms in total. The number of nitrogen functional groups attached to an aromatic ring is 1. The van der Waals surface area contributed by atoms with Gasteiger partial charge in [-0.05, 0) is 49.1 Å². The van der Waals surface area contributed by atoms with Crippen LogP contribution in [0.5, 0.6) is 0 Å². The van der Waals surface area contributed by atoms with Crippen molar-refractivity contribution in [2.45, 2.75) is 26.5 Å². The summed E-state index contributed by atoms with van der Waals surface area (Å²) in [6, 6.07) is 14.2. The molecule has 33 heavy (non-hydrogen) atoms. The van der Waals surface area contributed by atoms with Crippen molar-refractivity contribution in [3.05, 3.63) is 71.9 Å². The van der Waals surface area contributed by atoms with Crippen LogP contribution in [0.3, 0.4) is 0 Å². The maximum absolute atomic E-state index is 13.2. The molecule has 0 spiro atoms. The number of amides is 1. The van der Waals surface area contributed by atoms with E-state index < -0.39 is 0 Å². The molecule has 0 bridgehead atoms. The number of morpholine rings is 1. The summed E-state index contributed by atoms with van der Waals surface area (Å²) in [5.41, 5.74) is 11.2. The SMILES string of the molecule is Cc1cc(-c2cnc(N)nc2)cc([C@@H]2CN(C(=O)Cn3c(C)cc4ccccc43)CCO2)n1. The summed E-state index contributed by atoms with van der Waals surface area (Å²) in [6.07, 6.45) is 3.10. The summed E-state index contributed by atoms with van der Waals surface area (Å²) in [4.78, 5) is 28.0. The van der Waals surface area contributed by atoms with E-state index in [0.717, 1.165) is 39.1 Å². The van der Waals surface area contributed by atoms with Crippen molar-refractivity contribution in [1.82, 2.24) is 24.4 Å². The van der Waals surface area contributed by atoms with E-state index in [0.29, 0.717) is 26.2 Å². The van der Waals surface area contributed by atoms with Crippen LogP contribution in [0.1, 0.15) is 23.2 Å². The highest BCUT2D eigenvalue weighted by Gasteiger charge is 2.27. The number of anilines is 1. The fourth-order valence-corrected chi connectivity index (χ4v) is 4.36. The third kappa shape index (κ3) is 4.29. The monoisotopic (exact) mass is 442 g/mol. The lowest BCUT2D eigenvalue weighted by Gasteiger charge is -2.33. The van der Waals surface area contributed by atoms with Crippen molar-refractivity contribution in [2.24, 2.45) is 0 Å². The van der Waals surface area contributed by atoms with E-state index >= 15 is 0 Å². The number of carbonyl (C=O) groups excluding carboxylic acids is 1. The predicted octanol–water partition coefficient (Wildman–Crippen LogP) is 3.29. The van der Waals surface area contributed by atoms with Crippen LogP contribution in [0.4, 0.5) is 5.95 Å². The Bertz CT molecular complexity index is 1310. The smallest absolute Gasteiger partial charge is 0.242 e. The molecule has 0 aliphatic carbocycles. The standard InChI is InChI=1S/C25H26N6O2/c1-16-9-19(20-12-27-25(26)28-13-20)11-21(29-16)23-14-30(7-8-33-23)24(32)15-31-17(2)10-18-5-3-4-6-22(18)31/h3-6,9-13,23H,7-8,14-15H2,1-2H3,(H2,26,27,28)/t23-/m0/s1. The van der Waals surface area contributed by atoms with Gasteiger partial charge in [-0.1, -0.05) is 18.2 Å². The van der Waals surface area contributed by atoms with Crippen LogP contribution < -0.4 is 5.73 Å². The highest BCUT2D eigenvalue weighted by molar-refractivity contribution is 5.84. The summed E-state index contributed by atoms with van der Waals surface area (Å²) < 4.78 is 8.10. The largest absolute Gasteiger partial charge is 0.368 e. The number of rotatable bonds is 4. The second-order valence-electron chi connectivity index (χ2n) is 8.38. The zero-order valence-electron chi connectivity index (χ0n) is 18.7. The number of benzene rings is 1. The van der Waals surface area contributed by atoms with Crippen LogP contribution in [-0.2, 0) is 16.1 Å². The molecule has 4 heterocycles. The molecule has 8 heteroatoms. The second-order valence-corrected chi connectivity index (χ2v) is 8.38. The molecule has 1 aliphatic rings. The molecule has 168 valence electrons. The van der Waals surface area contributed by atoms with E-state index in [1.807, 2.05) is 43.0 Å². The number of aryl methyl sites for hydroxylation is 2. The first-order chi connectivity index (χ1) is 16.0. The maximum Gasteiger partial charge on any atom is 0.242 e. The Morgan fingerprint density at radius 1 is 1.12 bits per heavy atom. The Labute approximate surface area is 192 Å². The Morgan fingerprint density at radius 2 is 1.91 bits per heavy atom. The van der Waals surface area contributed by atoms with Gasteiger partial charge in [0.2, 0.25) is 11.9 Å². The molecule has 1 aliphatic heterocycles. The van der Waals surface area contributed by atoms with Crippen molar-refractivity contribution in [1.29, 1.82) is 0 Å². The molecule has 3 aromatic heterocycles. The van der Waals surface area contributed by atoms with Crippen molar-refractivity contribution < 1.29 is 9.53 Å². The van der Waals surface area contributed by atoms with Gasteiger partial charge in [0.05, 0.1) is 18.8 Å². The van der Waals surface area contributed by atoms with Gasteiger partial charge in [-0.15, -0.1) is 0 Å². The van der Waals surface area contributed by atoms with Gasteiger partial charge in [0.1, 0.15) is 12.6 Å². The van der Waals surface area contributed by atoms with Crippen molar-refractivity contribution in [2.75, 3.05) is 25.4 Å². The lowest BCUT2D eigenvalue weighted by atomic mass is 10.1. The molecule has 1 aromatic carbocycles. The number of carbonyl (C=O) groups is 1. The van der Waals surface area contributed by atoms with Crippen LogP contribution in [0.15, 0.2) is 54.9 Å². The average molecular weight is 443 g/mol. The topological polar surface area (TPSA) is 99.2 Å². The van der Waals surface area contributed by atoms with E-state index in [1.54, 1.807) is 12.4 Å². The number of para-hydroxylation sites is 1. The number of ether oxygens (including phenoxy) is 1. The third-order valence-electron chi connectivity index (χ3n) is 6.04. The highest BCUT2D eigenvalue weighted by atomic mass is 16.5. The van der Waals surface area contributed by atoms with Gasteiger partial charge in [0.15, 0.2) is 0 Å². The Kier molecular flexibility index (Phi) is 5.51. The molecular weight excluding hydrogens is 416 g/mol. The molecule has 2 N–H and O–H groups in total. The molecule has 0 radical (unpaired) electrons. The van der Waals surface area contributed by atoms with Gasteiger partial charge in [-0.2, -0.15) is 0 Å². The van der Waals surface area contributed by atoms with Crippen LogP contribution in [0, 0.1) is 13.8 Å². The van der Waals surface area contributed by atoms with Gasteiger partial charge in [0, 0.05) is 41.4 Å². The third-order valence-corrected chi connectivity index (χ3v) is 6.04. The molecular formula is C25H26N6O2. The summed E-state index contributed by atoms with van der Waals surface area (Å²) in [5, 5.41) is 1.14. The van der Waals surface area contributed by atoms with Gasteiger partial charge >= 0.3 is 0 Å². The Hall–Kier alpha value is -3.78. The van der Waals surface area contributed by atoms with Crippen molar-refractivity contribution in [3.63, 3.8) is 0 Å². The van der Waals surface area contributed by atoms with Crippen LogP contribution >= 0.6 is 0 Å². The molecule has 1 fully saturated rings. The lowest BCUT2D eigenvalue weighted by Crippen LogP contribution is -2.44. The number of nitrogens with zero attached hydrogens (tertiary/aromatic N) is 5. The predicted molar refractivity (Wildman–Crippen MR) is 126 cm³/mol. The van der Waals surface area contributed by atoms with Gasteiger partial charge in [-0.25, -0.2) is 9.97 Å². The minimum absolute atomic E-state index is 0.0764. The zero-order valence-corrected chi connectivity index (χ0v) is 18.7. The van der Waals surface area contributed by atoms with E-state index in [2.05, 4.69) is 32.7 Å². The number of nitrogens with two attached hydrogens (primary N) is 1. The van der Waals surface area contributed by atoms with Gasteiger partial charge < -0.3 is 19.9 Å². The van der Waals surface area contributed by atoms with Crippen LogP contribution in [0.25, 0.3) is 22.0 Å². The molecule has 0 unspecified atom stereocenters. The van der Waals surface area contributed by atoms with Gasteiger partial charge in [0.25, 0.3) is 0 Å². The van der Waals surface area contributed by atoms with Crippen LogP contribution in [-0.4, -0.2) is 50.0 Å². The molecule has 0 saturated carbocycles. The van der Waals surface area contributed by atoms with E-state index in [4.69, 9.17) is 15.5 Å². The minimum Gasteiger partial charge on any atom is -0.368 e. The van der Waals surface area contributed by atoms with Crippen molar-refractivity contribution >= 4 is 22.8 Å². The van der Waals surface area contributed by atoms with E-state index in [9.17, 15) is 4.79 Å². The van der Waals surface area contributed by atoms with E-state index in [1.165, 1.54) is 0 Å². The highest BCUT2D eigenvalue weighted by Crippen LogP contribution is 2.27. The second kappa shape index (κ2) is 8.63. The Balaban J connectivity index is 1.36. The maximum atomic E-state index is 13.2. The summed E-state index contributed by atoms with van der Waals surface area (Å²) in [7, 11) is 0. The van der Waals surface area contributed by atoms with Crippen LogP contribution in [0.2, 0.25) is 0 Å². The fourth-order valence-electron chi connectivity index (χ4n) is 4.36. The molecule has 5 rings (SSSR count). The molecule has 4 aromatic rings. The zero-order chi connectivity index (χ0) is 22.9. The number of hydrogen-bond acceptors (Lipinski definition) is 6. The first kappa shape index (κ1) is 21.1. The van der Waals surface area contributed by atoms with Gasteiger partial charge in [-0.3, -0.25) is 9.78 Å². The fraction of sp³-hybridized carbons (Fsp3) is 0.280. The number of aromatic nitrogens is 4. The average Bonchev–Trinajstić information content (AvgIpc) is 3.14. The normalized spacial score (nSPS) is 16.3. The molecule has 1 atom stereocenters. The summed E-state index contributed by atoms with van der Waals surface area (Å²) in [5.74, 6) is 0.313. The number of fused-ring (bicyclic) bond motifs is 1. The Morgan fingerprint density at radius 3 is 2.73 bits per heavy atom. The number of hydrogen-bond donors (Lipinski definition) is 1. The summed E-state index contributed by atoms with van der Waals surface area (Å²) >= 11 is 0. The van der Waals surface area contributed by atoms with E-state index in [-0.39, 0.29) is 18.0 Å².